The van der Waals surface area contributed by atoms with Crippen molar-refractivity contribution in [3.05, 3.63) is 65.0 Å². The predicted octanol–water partition coefficient (Wildman–Crippen LogP) is 4.50. The number of halogens is 1. The maximum Gasteiger partial charge on any atom is 0.319 e. The topological polar surface area (TPSA) is 41.1 Å². The number of anilines is 1. The van der Waals surface area contributed by atoms with Gasteiger partial charge >= 0.3 is 6.03 Å². The summed E-state index contributed by atoms with van der Waals surface area (Å²) in [5, 5.41) is 5.74. The lowest BCUT2D eigenvalue weighted by atomic mass is 9.94. The minimum Gasteiger partial charge on any atom is -0.329 e. The van der Waals surface area contributed by atoms with Gasteiger partial charge in [0.1, 0.15) is 5.82 Å². The number of aryl methyl sites for hydroxylation is 2. The van der Waals surface area contributed by atoms with Crippen molar-refractivity contribution in [3.8, 4) is 0 Å². The van der Waals surface area contributed by atoms with Crippen LogP contribution in [0.25, 0.3) is 0 Å². The van der Waals surface area contributed by atoms with Crippen LogP contribution in [0.5, 0.6) is 0 Å². The van der Waals surface area contributed by atoms with Crippen molar-refractivity contribution in [2.45, 2.75) is 33.2 Å². The van der Waals surface area contributed by atoms with Gasteiger partial charge in [-0.1, -0.05) is 18.2 Å². The van der Waals surface area contributed by atoms with E-state index in [4.69, 9.17) is 0 Å². The Hall–Kier alpha value is -2.36. The fraction of sp³-hybridized carbons (Fsp3) is 0.278. The normalized spacial score (nSPS) is 11.1. The first kappa shape index (κ1) is 16.0. The first-order valence-electron chi connectivity index (χ1n) is 7.20. The number of benzene rings is 2. The molecule has 2 aromatic rings. The van der Waals surface area contributed by atoms with Crippen LogP contribution in [0.2, 0.25) is 0 Å². The van der Waals surface area contributed by atoms with E-state index in [9.17, 15) is 9.18 Å². The van der Waals surface area contributed by atoms with Crippen LogP contribution in [0.4, 0.5) is 14.9 Å². The van der Waals surface area contributed by atoms with Gasteiger partial charge in [0.15, 0.2) is 0 Å². The average Bonchev–Trinajstić information content (AvgIpc) is 2.36. The third-order valence-corrected chi connectivity index (χ3v) is 3.47. The summed E-state index contributed by atoms with van der Waals surface area (Å²) in [6.07, 6.45) is 0. The highest BCUT2D eigenvalue weighted by Crippen LogP contribution is 2.21. The fourth-order valence-electron chi connectivity index (χ4n) is 2.43. The van der Waals surface area contributed by atoms with Crippen molar-refractivity contribution in [2.75, 3.05) is 5.32 Å². The van der Waals surface area contributed by atoms with Crippen molar-refractivity contribution in [2.24, 2.45) is 0 Å². The molecule has 2 amide bonds. The van der Waals surface area contributed by atoms with Gasteiger partial charge in [0.25, 0.3) is 0 Å². The van der Waals surface area contributed by atoms with Crippen molar-refractivity contribution in [1.29, 1.82) is 0 Å². The Bertz CT molecular complexity index is 658. The van der Waals surface area contributed by atoms with E-state index in [1.807, 2.05) is 45.9 Å². The third kappa shape index (κ3) is 4.07. The molecular weight excluding hydrogens is 279 g/mol. The number of carbonyl (C=O) groups is 1. The van der Waals surface area contributed by atoms with Crippen LogP contribution in [0.1, 0.15) is 30.5 Å². The number of nitrogens with one attached hydrogen (secondary N) is 2. The van der Waals surface area contributed by atoms with Gasteiger partial charge in [-0.2, -0.15) is 0 Å². The molecule has 0 saturated carbocycles. The largest absolute Gasteiger partial charge is 0.329 e. The number of urea groups is 1. The highest BCUT2D eigenvalue weighted by Gasteiger charge is 2.22. The van der Waals surface area contributed by atoms with E-state index in [2.05, 4.69) is 10.6 Å². The summed E-state index contributed by atoms with van der Waals surface area (Å²) in [4.78, 5) is 12.2. The molecule has 0 atom stereocenters. The third-order valence-electron chi connectivity index (χ3n) is 3.47. The number of carbonyl (C=O) groups excluding carboxylic acids is 1. The zero-order valence-electron chi connectivity index (χ0n) is 13.3. The molecule has 0 fully saturated rings. The maximum atomic E-state index is 13.0. The van der Waals surface area contributed by atoms with Gasteiger partial charge in [0.2, 0.25) is 0 Å². The Balaban J connectivity index is 2.08. The van der Waals surface area contributed by atoms with Crippen LogP contribution in [0.3, 0.4) is 0 Å². The first-order valence-corrected chi connectivity index (χ1v) is 7.20. The summed E-state index contributed by atoms with van der Waals surface area (Å²) in [5.74, 6) is -0.292. The number of rotatable bonds is 3. The van der Waals surface area contributed by atoms with Gasteiger partial charge in [-0.05, 0) is 68.7 Å². The Morgan fingerprint density at radius 3 is 2.09 bits per heavy atom. The van der Waals surface area contributed by atoms with E-state index in [0.717, 1.165) is 22.4 Å². The minimum atomic E-state index is -0.601. The van der Waals surface area contributed by atoms with E-state index in [0.29, 0.717) is 0 Å². The van der Waals surface area contributed by atoms with Crippen molar-refractivity contribution in [1.82, 2.24) is 5.32 Å². The average molecular weight is 300 g/mol. The van der Waals surface area contributed by atoms with E-state index in [1.165, 1.54) is 12.1 Å². The fourth-order valence-corrected chi connectivity index (χ4v) is 2.43. The Kier molecular flexibility index (Phi) is 4.50. The first-order chi connectivity index (χ1) is 10.3. The molecule has 116 valence electrons. The van der Waals surface area contributed by atoms with Gasteiger partial charge in [-0.15, -0.1) is 0 Å². The molecule has 0 aromatic heterocycles. The van der Waals surface area contributed by atoms with Gasteiger partial charge in [0.05, 0.1) is 5.54 Å². The second-order valence-electron chi connectivity index (χ2n) is 6.09. The molecule has 4 heteroatoms. The molecule has 2 aromatic carbocycles. The highest BCUT2D eigenvalue weighted by atomic mass is 19.1. The molecule has 0 spiro atoms. The Labute approximate surface area is 130 Å². The minimum absolute atomic E-state index is 0.292. The summed E-state index contributed by atoms with van der Waals surface area (Å²) in [6, 6.07) is 11.7. The van der Waals surface area contributed by atoms with Crippen LogP contribution in [-0.2, 0) is 5.54 Å². The molecule has 22 heavy (non-hydrogen) atoms. The monoisotopic (exact) mass is 300 g/mol. The van der Waals surface area contributed by atoms with Crippen LogP contribution < -0.4 is 10.6 Å². The van der Waals surface area contributed by atoms with E-state index < -0.39 is 5.54 Å². The molecule has 0 unspecified atom stereocenters. The summed E-state index contributed by atoms with van der Waals surface area (Å²) < 4.78 is 13.0. The lowest BCUT2D eigenvalue weighted by Gasteiger charge is -2.27. The standard InChI is InChI=1S/C18H21FN2O/c1-12-9-13(2)11-16(10-12)20-17(22)21-18(3,4)14-5-7-15(19)8-6-14/h5-11H,1-4H3,(H2,20,21,22). The Morgan fingerprint density at radius 1 is 1.00 bits per heavy atom. The number of hydrogen-bond acceptors (Lipinski definition) is 1. The van der Waals surface area contributed by atoms with Gasteiger partial charge < -0.3 is 10.6 Å². The maximum absolute atomic E-state index is 13.0. The predicted molar refractivity (Wildman–Crippen MR) is 87.5 cm³/mol. The summed E-state index contributed by atoms with van der Waals surface area (Å²) in [6.45, 7) is 7.72. The van der Waals surface area contributed by atoms with E-state index in [1.54, 1.807) is 12.1 Å². The zero-order valence-corrected chi connectivity index (χ0v) is 13.3. The molecular formula is C18H21FN2O. The molecule has 0 aliphatic rings. The van der Waals surface area contributed by atoms with Crippen molar-refractivity contribution in [3.63, 3.8) is 0 Å². The lowest BCUT2D eigenvalue weighted by Crippen LogP contribution is -2.43. The van der Waals surface area contributed by atoms with Crippen LogP contribution in [0, 0.1) is 19.7 Å². The molecule has 0 aliphatic heterocycles. The van der Waals surface area contributed by atoms with Gasteiger partial charge in [-0.25, -0.2) is 9.18 Å². The second kappa shape index (κ2) is 6.18. The number of hydrogen-bond donors (Lipinski definition) is 2. The summed E-state index contributed by atoms with van der Waals surface area (Å²) in [7, 11) is 0. The molecule has 2 N–H and O–H groups in total. The molecule has 2 rings (SSSR count). The second-order valence-corrected chi connectivity index (χ2v) is 6.09. The Morgan fingerprint density at radius 2 is 1.55 bits per heavy atom. The summed E-state index contributed by atoms with van der Waals surface area (Å²) in [5.41, 5.74) is 3.17. The molecule has 0 radical (unpaired) electrons. The quantitative estimate of drug-likeness (QED) is 0.861. The zero-order chi connectivity index (χ0) is 16.3. The summed E-state index contributed by atoms with van der Waals surface area (Å²) >= 11 is 0. The van der Waals surface area contributed by atoms with Gasteiger partial charge in [-0.3, -0.25) is 0 Å². The molecule has 0 heterocycles. The van der Waals surface area contributed by atoms with E-state index in [-0.39, 0.29) is 11.8 Å². The lowest BCUT2D eigenvalue weighted by molar-refractivity contribution is 0.242. The SMILES string of the molecule is Cc1cc(C)cc(NC(=O)NC(C)(C)c2ccc(F)cc2)c1. The van der Waals surface area contributed by atoms with Crippen LogP contribution in [-0.4, -0.2) is 6.03 Å². The highest BCUT2D eigenvalue weighted by molar-refractivity contribution is 5.90. The molecule has 0 aliphatic carbocycles. The van der Waals surface area contributed by atoms with Gasteiger partial charge in [0, 0.05) is 5.69 Å². The molecule has 0 saturated heterocycles. The van der Waals surface area contributed by atoms with Crippen molar-refractivity contribution >= 4 is 11.7 Å². The molecule has 3 nitrogen and oxygen atoms in total. The van der Waals surface area contributed by atoms with Crippen molar-refractivity contribution < 1.29 is 9.18 Å². The molecule has 0 bridgehead atoms. The van der Waals surface area contributed by atoms with E-state index >= 15 is 0 Å². The van der Waals surface area contributed by atoms with Crippen LogP contribution in [0.15, 0.2) is 42.5 Å². The van der Waals surface area contributed by atoms with Crippen LogP contribution >= 0.6 is 0 Å². The number of amides is 2. The smallest absolute Gasteiger partial charge is 0.319 e.